The van der Waals surface area contributed by atoms with Crippen LogP contribution in [-0.2, 0) is 23.7 Å². The normalized spacial score (nSPS) is 31.4. The van der Waals surface area contributed by atoms with Crippen molar-refractivity contribution in [3.63, 3.8) is 0 Å². The van der Waals surface area contributed by atoms with Gasteiger partial charge in [0.05, 0.1) is 19.8 Å². The maximum Gasteiger partial charge on any atom is 0.303 e. The van der Waals surface area contributed by atoms with E-state index in [0.29, 0.717) is 11.3 Å². The SMILES string of the molecule is COc1ccc(-c2cc(=O)c3c(O)c(O)c(O[C@@H]4OC(CO[C@@H]5OC(C)[C@H](OC(C)=O)[C@H](O)C5O)[C@@H](O)C(O)[C@@H]4O)cc3o2)cc1. The van der Waals surface area contributed by atoms with Crippen LogP contribution in [0.1, 0.15) is 13.8 Å². The summed E-state index contributed by atoms with van der Waals surface area (Å²) in [5, 5.41) is 73.5. The van der Waals surface area contributed by atoms with Gasteiger partial charge in [0.15, 0.2) is 29.3 Å². The molecule has 46 heavy (non-hydrogen) atoms. The van der Waals surface area contributed by atoms with Crippen LogP contribution in [0, 0.1) is 0 Å². The first kappa shape index (κ1) is 33.4. The standard InChI is InChI=1S/C30H34O16/c1-11-28(43-12(2)31)25(37)27(39)29(42-11)41-10-19-22(34)24(36)26(38)30(46-19)45-18-9-17-20(23(35)21(18)33)15(32)8-16(44-17)13-4-6-14(40-3)7-5-13/h4-9,11,19,22,24-30,33-39H,10H2,1-3H3/t11?,19?,22-,24?,25-,26+,27?,28+,29-,30-/m1/s1. The van der Waals surface area contributed by atoms with Crippen molar-refractivity contribution in [2.45, 2.75) is 75.3 Å². The molecule has 4 unspecified atom stereocenters. The fourth-order valence-electron chi connectivity index (χ4n) is 5.22. The Morgan fingerprint density at radius 2 is 1.54 bits per heavy atom. The van der Waals surface area contributed by atoms with Gasteiger partial charge in [0.2, 0.25) is 12.0 Å². The molecule has 0 amide bonds. The molecular formula is C30H34O16. The minimum Gasteiger partial charge on any atom is -0.504 e. The van der Waals surface area contributed by atoms with Crippen LogP contribution in [-0.4, -0.2) is 117 Å². The third-order valence-electron chi connectivity index (χ3n) is 7.72. The lowest BCUT2D eigenvalue weighted by Crippen LogP contribution is -2.62. The van der Waals surface area contributed by atoms with Crippen molar-refractivity contribution in [3.05, 3.63) is 46.6 Å². The molecule has 10 atom stereocenters. The predicted octanol–water partition coefficient (Wildman–Crippen LogP) is -0.519. The molecule has 2 aliphatic heterocycles. The Balaban J connectivity index is 1.35. The highest BCUT2D eigenvalue weighted by Gasteiger charge is 2.48. The van der Waals surface area contributed by atoms with Crippen LogP contribution >= 0.6 is 0 Å². The van der Waals surface area contributed by atoms with Crippen LogP contribution in [0.2, 0.25) is 0 Å². The summed E-state index contributed by atoms with van der Waals surface area (Å²) in [6.45, 7) is 2.03. The van der Waals surface area contributed by atoms with Gasteiger partial charge in [-0.2, -0.15) is 0 Å². The molecule has 16 heteroatoms. The molecule has 16 nitrogen and oxygen atoms in total. The van der Waals surface area contributed by atoms with Crippen LogP contribution < -0.4 is 14.9 Å². The van der Waals surface area contributed by atoms with Crippen molar-refractivity contribution in [2.24, 2.45) is 0 Å². The number of benzene rings is 2. The number of hydrogen-bond acceptors (Lipinski definition) is 16. The number of fused-ring (bicyclic) bond motifs is 1. The minimum atomic E-state index is -1.89. The number of carbonyl (C=O) groups excluding carboxylic acids is 1. The van der Waals surface area contributed by atoms with Crippen LogP contribution in [0.3, 0.4) is 0 Å². The van der Waals surface area contributed by atoms with Gasteiger partial charge < -0.3 is 68.6 Å². The molecule has 2 aromatic carbocycles. The monoisotopic (exact) mass is 650 g/mol. The molecule has 1 aromatic heterocycles. The van der Waals surface area contributed by atoms with Gasteiger partial charge in [0, 0.05) is 24.6 Å². The molecule has 3 aromatic rings. The van der Waals surface area contributed by atoms with Crippen molar-refractivity contribution >= 4 is 16.9 Å². The van der Waals surface area contributed by atoms with Gasteiger partial charge >= 0.3 is 5.97 Å². The van der Waals surface area contributed by atoms with Crippen molar-refractivity contribution in [1.29, 1.82) is 0 Å². The summed E-state index contributed by atoms with van der Waals surface area (Å²) in [5.74, 6) is -2.30. The van der Waals surface area contributed by atoms with E-state index in [1.54, 1.807) is 24.3 Å². The Morgan fingerprint density at radius 1 is 0.870 bits per heavy atom. The highest BCUT2D eigenvalue weighted by atomic mass is 16.7. The van der Waals surface area contributed by atoms with E-state index in [0.717, 1.165) is 19.1 Å². The molecule has 0 aliphatic carbocycles. The average molecular weight is 651 g/mol. The highest BCUT2D eigenvalue weighted by Crippen LogP contribution is 2.42. The molecule has 0 saturated carbocycles. The molecule has 0 spiro atoms. The molecule has 0 radical (unpaired) electrons. The zero-order valence-corrected chi connectivity index (χ0v) is 24.7. The van der Waals surface area contributed by atoms with E-state index in [9.17, 15) is 45.3 Å². The van der Waals surface area contributed by atoms with Gasteiger partial charge in [0.1, 0.15) is 59.1 Å². The number of rotatable bonds is 8. The molecule has 3 heterocycles. The van der Waals surface area contributed by atoms with E-state index in [1.165, 1.54) is 14.0 Å². The summed E-state index contributed by atoms with van der Waals surface area (Å²) in [5.41, 5.74) is -0.379. The predicted molar refractivity (Wildman–Crippen MR) is 153 cm³/mol. The topological polar surface area (TPSA) is 244 Å². The van der Waals surface area contributed by atoms with Gasteiger partial charge in [-0.15, -0.1) is 0 Å². The van der Waals surface area contributed by atoms with Crippen molar-refractivity contribution in [3.8, 4) is 34.3 Å². The van der Waals surface area contributed by atoms with Crippen LogP contribution in [0.5, 0.6) is 23.0 Å². The van der Waals surface area contributed by atoms with Gasteiger partial charge in [-0.1, -0.05) is 0 Å². The lowest BCUT2D eigenvalue weighted by molar-refractivity contribution is -0.319. The summed E-state index contributed by atoms with van der Waals surface area (Å²) in [6, 6.07) is 8.77. The van der Waals surface area contributed by atoms with Gasteiger partial charge in [-0.25, -0.2) is 0 Å². The Bertz CT molecular complexity index is 1610. The van der Waals surface area contributed by atoms with E-state index in [2.05, 4.69) is 0 Å². The summed E-state index contributed by atoms with van der Waals surface area (Å²) in [7, 11) is 1.49. The fourth-order valence-corrected chi connectivity index (χ4v) is 5.22. The molecule has 0 bridgehead atoms. The number of aliphatic hydroxyl groups is 5. The quantitative estimate of drug-likeness (QED) is 0.120. The largest absolute Gasteiger partial charge is 0.504 e. The Morgan fingerprint density at radius 3 is 2.20 bits per heavy atom. The van der Waals surface area contributed by atoms with Gasteiger partial charge in [-0.05, 0) is 31.2 Å². The zero-order valence-electron chi connectivity index (χ0n) is 24.7. The number of ether oxygens (including phenoxy) is 6. The van der Waals surface area contributed by atoms with Gasteiger partial charge in [0.25, 0.3) is 0 Å². The van der Waals surface area contributed by atoms with Crippen LogP contribution in [0.25, 0.3) is 22.3 Å². The Labute approximate surface area is 260 Å². The number of phenolic OH excluding ortho intramolecular Hbond substituents is 2. The first-order chi connectivity index (χ1) is 21.8. The maximum atomic E-state index is 12.9. The Kier molecular flexibility index (Phi) is 9.71. The first-order valence-electron chi connectivity index (χ1n) is 14.1. The third kappa shape index (κ3) is 6.47. The lowest BCUT2D eigenvalue weighted by atomic mass is 9.98. The number of carbonyl (C=O) groups is 1. The fraction of sp³-hybridized carbons (Fsp3) is 0.467. The number of esters is 1. The second-order valence-corrected chi connectivity index (χ2v) is 10.9. The number of hydrogen-bond donors (Lipinski definition) is 7. The highest BCUT2D eigenvalue weighted by molar-refractivity contribution is 5.89. The van der Waals surface area contributed by atoms with E-state index in [-0.39, 0.29) is 16.7 Å². The minimum absolute atomic E-state index is 0.117. The number of methoxy groups -OCH3 is 1. The van der Waals surface area contributed by atoms with E-state index in [4.69, 9.17) is 32.8 Å². The first-order valence-corrected chi connectivity index (χ1v) is 14.1. The summed E-state index contributed by atoms with van der Waals surface area (Å²) < 4.78 is 38.2. The second-order valence-electron chi connectivity index (χ2n) is 10.9. The third-order valence-corrected chi connectivity index (χ3v) is 7.72. The molecule has 2 saturated heterocycles. The summed E-state index contributed by atoms with van der Waals surface area (Å²) in [4.78, 5) is 24.2. The average Bonchev–Trinajstić information content (AvgIpc) is 3.03. The Hall–Kier alpha value is -4.00. The zero-order chi connectivity index (χ0) is 33.4. The number of phenols is 2. The summed E-state index contributed by atoms with van der Waals surface area (Å²) in [6.07, 6.45) is -15.5. The maximum absolute atomic E-state index is 12.9. The van der Waals surface area contributed by atoms with E-state index < -0.39 is 96.7 Å². The molecular weight excluding hydrogens is 616 g/mol. The molecule has 250 valence electrons. The van der Waals surface area contributed by atoms with Crippen molar-refractivity contribution in [1.82, 2.24) is 0 Å². The summed E-state index contributed by atoms with van der Waals surface area (Å²) >= 11 is 0. The number of aromatic hydroxyl groups is 2. The molecule has 5 rings (SSSR count). The lowest BCUT2D eigenvalue weighted by Gasteiger charge is -2.43. The molecule has 7 N–H and O–H groups in total. The van der Waals surface area contributed by atoms with Crippen molar-refractivity contribution in [2.75, 3.05) is 13.7 Å². The second kappa shape index (κ2) is 13.4. The molecule has 2 aliphatic rings. The smallest absolute Gasteiger partial charge is 0.303 e. The van der Waals surface area contributed by atoms with E-state index in [1.807, 2.05) is 0 Å². The molecule has 2 fully saturated rings. The van der Waals surface area contributed by atoms with Crippen LogP contribution in [0.4, 0.5) is 0 Å². The van der Waals surface area contributed by atoms with Crippen molar-refractivity contribution < 1.29 is 73.4 Å². The number of aliphatic hydroxyl groups excluding tert-OH is 5. The van der Waals surface area contributed by atoms with E-state index >= 15 is 0 Å². The van der Waals surface area contributed by atoms with Crippen LogP contribution in [0.15, 0.2) is 45.6 Å². The van der Waals surface area contributed by atoms with Gasteiger partial charge in [-0.3, -0.25) is 9.59 Å².